The van der Waals surface area contributed by atoms with Crippen molar-refractivity contribution in [1.82, 2.24) is 14.4 Å². The maximum absolute atomic E-state index is 11.5. The van der Waals surface area contributed by atoms with Crippen LogP contribution in [0.2, 0.25) is 0 Å². The van der Waals surface area contributed by atoms with E-state index in [1.165, 1.54) is 11.3 Å². The summed E-state index contributed by atoms with van der Waals surface area (Å²) in [7, 11) is 0. The first-order valence-electron chi connectivity index (χ1n) is 6.75. The summed E-state index contributed by atoms with van der Waals surface area (Å²) in [6, 6.07) is 3.61. The molecular formula is C15H13N3O3S. The first-order valence-corrected chi connectivity index (χ1v) is 7.56. The van der Waals surface area contributed by atoms with Crippen LogP contribution in [0.15, 0.2) is 30.7 Å². The lowest BCUT2D eigenvalue weighted by Gasteiger charge is -1.99. The van der Waals surface area contributed by atoms with Crippen molar-refractivity contribution in [1.29, 1.82) is 0 Å². The number of imidazole rings is 1. The minimum absolute atomic E-state index is 0.185. The van der Waals surface area contributed by atoms with E-state index in [0.717, 1.165) is 16.7 Å². The predicted molar refractivity (Wildman–Crippen MR) is 82.0 cm³/mol. The summed E-state index contributed by atoms with van der Waals surface area (Å²) in [5, 5.41) is 0. The Hall–Kier alpha value is -2.54. The third-order valence-electron chi connectivity index (χ3n) is 3.10. The Labute approximate surface area is 130 Å². The lowest BCUT2D eigenvalue weighted by molar-refractivity contribution is -0.142. The van der Waals surface area contributed by atoms with E-state index in [1.807, 2.05) is 0 Å². The van der Waals surface area contributed by atoms with Gasteiger partial charge in [-0.05, 0) is 19.1 Å². The fraction of sp³-hybridized carbons (Fsp3) is 0.200. The van der Waals surface area contributed by atoms with Crippen LogP contribution in [0.5, 0.6) is 0 Å². The van der Waals surface area contributed by atoms with Crippen molar-refractivity contribution in [3.05, 3.63) is 41.3 Å². The highest BCUT2D eigenvalue weighted by molar-refractivity contribution is 7.17. The fourth-order valence-electron chi connectivity index (χ4n) is 2.18. The maximum Gasteiger partial charge on any atom is 0.311 e. The van der Waals surface area contributed by atoms with Crippen molar-refractivity contribution >= 4 is 28.6 Å². The molecule has 0 unspecified atom stereocenters. The van der Waals surface area contributed by atoms with E-state index in [9.17, 15) is 9.59 Å². The van der Waals surface area contributed by atoms with Crippen molar-refractivity contribution < 1.29 is 14.3 Å². The zero-order valence-corrected chi connectivity index (χ0v) is 12.7. The SMILES string of the molecule is CCOC(=O)Cc1cn2c(C=O)c(-c3ccncc3)nc2s1. The van der Waals surface area contributed by atoms with Gasteiger partial charge in [0.05, 0.1) is 13.0 Å². The van der Waals surface area contributed by atoms with Gasteiger partial charge in [0.2, 0.25) is 0 Å². The summed E-state index contributed by atoms with van der Waals surface area (Å²) in [6.45, 7) is 2.12. The molecule has 3 heterocycles. The molecule has 0 saturated carbocycles. The topological polar surface area (TPSA) is 73.6 Å². The van der Waals surface area contributed by atoms with Crippen LogP contribution in [0.1, 0.15) is 22.3 Å². The van der Waals surface area contributed by atoms with Crippen LogP contribution in [0.4, 0.5) is 0 Å². The second-order valence-corrected chi connectivity index (χ2v) is 5.62. The van der Waals surface area contributed by atoms with E-state index in [4.69, 9.17) is 4.74 Å². The van der Waals surface area contributed by atoms with Crippen molar-refractivity contribution in [2.24, 2.45) is 0 Å². The van der Waals surface area contributed by atoms with Crippen molar-refractivity contribution in [2.75, 3.05) is 6.61 Å². The molecule has 3 aromatic rings. The smallest absolute Gasteiger partial charge is 0.311 e. The summed E-state index contributed by atoms with van der Waals surface area (Å²) in [6.07, 6.45) is 6.03. The molecule has 0 aliphatic heterocycles. The van der Waals surface area contributed by atoms with E-state index in [2.05, 4.69) is 9.97 Å². The normalized spacial score (nSPS) is 10.8. The monoisotopic (exact) mass is 315 g/mol. The minimum Gasteiger partial charge on any atom is -0.466 e. The van der Waals surface area contributed by atoms with Gasteiger partial charge in [-0.15, -0.1) is 11.3 Å². The van der Waals surface area contributed by atoms with Crippen LogP contribution in [0.25, 0.3) is 16.2 Å². The molecule has 0 fully saturated rings. The molecule has 0 bridgehead atoms. The third-order valence-corrected chi connectivity index (χ3v) is 4.08. The lowest BCUT2D eigenvalue weighted by atomic mass is 10.2. The number of esters is 1. The van der Waals surface area contributed by atoms with E-state index in [0.29, 0.717) is 23.0 Å². The summed E-state index contributed by atoms with van der Waals surface area (Å²) in [5.41, 5.74) is 1.92. The second kappa shape index (κ2) is 6.07. The van der Waals surface area contributed by atoms with E-state index >= 15 is 0 Å². The number of thiazole rings is 1. The maximum atomic E-state index is 11.5. The third kappa shape index (κ3) is 2.62. The number of hydrogen-bond acceptors (Lipinski definition) is 6. The molecule has 7 heteroatoms. The van der Waals surface area contributed by atoms with Gasteiger partial charge in [-0.2, -0.15) is 0 Å². The first-order chi connectivity index (χ1) is 10.7. The molecule has 0 N–H and O–H groups in total. The van der Waals surface area contributed by atoms with Gasteiger partial charge in [0.25, 0.3) is 0 Å². The number of aldehydes is 1. The van der Waals surface area contributed by atoms with Crippen LogP contribution in [0.3, 0.4) is 0 Å². The van der Waals surface area contributed by atoms with Gasteiger partial charge in [0.15, 0.2) is 11.2 Å². The van der Waals surface area contributed by atoms with Crippen LogP contribution < -0.4 is 0 Å². The largest absolute Gasteiger partial charge is 0.466 e. The molecule has 112 valence electrons. The number of fused-ring (bicyclic) bond motifs is 1. The lowest BCUT2D eigenvalue weighted by Crippen LogP contribution is -2.06. The molecule has 0 aliphatic carbocycles. The Bertz CT molecular complexity index is 823. The highest BCUT2D eigenvalue weighted by atomic mass is 32.1. The number of nitrogens with zero attached hydrogens (tertiary/aromatic N) is 3. The Morgan fingerprint density at radius 1 is 1.41 bits per heavy atom. The highest BCUT2D eigenvalue weighted by Crippen LogP contribution is 2.27. The summed E-state index contributed by atoms with van der Waals surface area (Å²) >= 11 is 1.37. The summed E-state index contributed by atoms with van der Waals surface area (Å²) in [4.78, 5) is 32.9. The average Bonchev–Trinajstić information content (AvgIpc) is 3.05. The minimum atomic E-state index is -0.283. The molecule has 0 saturated heterocycles. The number of carbonyl (C=O) groups is 2. The average molecular weight is 315 g/mol. The Morgan fingerprint density at radius 3 is 2.86 bits per heavy atom. The van der Waals surface area contributed by atoms with Gasteiger partial charge in [-0.25, -0.2) is 4.98 Å². The van der Waals surface area contributed by atoms with Crippen molar-refractivity contribution in [2.45, 2.75) is 13.3 Å². The number of carbonyl (C=O) groups excluding carboxylic acids is 2. The number of hydrogen-bond donors (Lipinski definition) is 0. The molecule has 0 aromatic carbocycles. The first kappa shape index (κ1) is 14.4. The molecule has 6 nitrogen and oxygen atoms in total. The van der Waals surface area contributed by atoms with Crippen LogP contribution in [-0.2, 0) is 16.0 Å². The summed E-state index contributed by atoms with van der Waals surface area (Å²) in [5.74, 6) is -0.283. The Balaban J connectivity index is 1.99. The van der Waals surface area contributed by atoms with Gasteiger partial charge in [0, 0.05) is 29.0 Å². The number of rotatable bonds is 5. The zero-order valence-electron chi connectivity index (χ0n) is 11.9. The van der Waals surface area contributed by atoms with E-state index in [-0.39, 0.29) is 12.4 Å². The van der Waals surface area contributed by atoms with Crippen LogP contribution >= 0.6 is 11.3 Å². The quantitative estimate of drug-likeness (QED) is 0.534. The molecule has 0 aliphatic rings. The Morgan fingerprint density at radius 2 is 2.18 bits per heavy atom. The molecule has 0 spiro atoms. The van der Waals surface area contributed by atoms with Gasteiger partial charge >= 0.3 is 5.97 Å². The number of aromatic nitrogens is 3. The molecule has 22 heavy (non-hydrogen) atoms. The van der Waals surface area contributed by atoms with Gasteiger partial charge < -0.3 is 4.74 Å². The van der Waals surface area contributed by atoms with Crippen molar-refractivity contribution in [3.63, 3.8) is 0 Å². The predicted octanol–water partition coefficient (Wildman–Crippen LogP) is 2.38. The Kier molecular flexibility index (Phi) is 3.97. The van der Waals surface area contributed by atoms with E-state index in [1.54, 1.807) is 42.0 Å². The summed E-state index contributed by atoms with van der Waals surface area (Å²) < 4.78 is 6.64. The van der Waals surface area contributed by atoms with Gasteiger partial charge in [-0.1, -0.05) is 0 Å². The van der Waals surface area contributed by atoms with Crippen molar-refractivity contribution in [3.8, 4) is 11.3 Å². The molecule has 0 amide bonds. The number of ether oxygens (including phenoxy) is 1. The molecule has 0 atom stereocenters. The second-order valence-electron chi connectivity index (χ2n) is 4.53. The van der Waals surface area contributed by atoms with Gasteiger partial charge in [-0.3, -0.25) is 19.0 Å². The van der Waals surface area contributed by atoms with Crippen LogP contribution in [-0.4, -0.2) is 33.2 Å². The molecule has 3 rings (SSSR count). The number of pyridine rings is 1. The molecule has 0 radical (unpaired) electrons. The highest BCUT2D eigenvalue weighted by Gasteiger charge is 2.17. The zero-order chi connectivity index (χ0) is 15.5. The van der Waals surface area contributed by atoms with Gasteiger partial charge in [0.1, 0.15) is 11.4 Å². The molecular weight excluding hydrogens is 302 g/mol. The molecule has 3 aromatic heterocycles. The standard InChI is InChI=1S/C15H13N3O3S/c1-2-21-13(20)7-11-8-18-12(9-19)14(17-15(18)22-11)10-3-5-16-6-4-10/h3-6,8-9H,2,7H2,1H3. The van der Waals surface area contributed by atoms with E-state index < -0.39 is 0 Å². The fourth-order valence-corrected chi connectivity index (χ4v) is 3.15. The van der Waals surface area contributed by atoms with Crippen LogP contribution in [0, 0.1) is 0 Å².